The monoisotopic (exact) mass is 371 g/mol. The zero-order valence-electron chi connectivity index (χ0n) is 16.3. The molecule has 0 amide bonds. The van der Waals surface area contributed by atoms with Crippen LogP contribution in [0.4, 0.5) is 5.69 Å². The van der Waals surface area contributed by atoms with Crippen molar-refractivity contribution in [1.82, 2.24) is 0 Å². The van der Waals surface area contributed by atoms with E-state index in [1.165, 1.54) is 0 Å². The number of anilines is 1. The smallest absolute Gasteiger partial charge is 0.311 e. The van der Waals surface area contributed by atoms with Crippen LogP contribution in [0.1, 0.15) is 31.9 Å². The third kappa shape index (κ3) is 6.61. The lowest BCUT2D eigenvalue weighted by atomic mass is 9.94. The number of hydrogen-bond acceptors (Lipinski definition) is 5. The largest absolute Gasteiger partial charge is 0.497 e. The van der Waals surface area contributed by atoms with Gasteiger partial charge in [-0.05, 0) is 50.1 Å². The van der Waals surface area contributed by atoms with Gasteiger partial charge in [-0.3, -0.25) is 4.79 Å². The lowest BCUT2D eigenvalue weighted by Gasteiger charge is -2.25. The number of benzene rings is 2. The minimum atomic E-state index is -0.333. The van der Waals surface area contributed by atoms with Crippen LogP contribution in [0.25, 0.3) is 0 Å². The Bertz CT molecular complexity index is 672. The molecule has 0 spiro atoms. The van der Waals surface area contributed by atoms with Gasteiger partial charge in [0.25, 0.3) is 0 Å². The maximum atomic E-state index is 12.4. The van der Waals surface area contributed by atoms with Gasteiger partial charge >= 0.3 is 5.97 Å². The first-order chi connectivity index (χ1) is 13.2. The summed E-state index contributed by atoms with van der Waals surface area (Å²) in [6, 6.07) is 17.8. The zero-order valence-corrected chi connectivity index (χ0v) is 16.3. The highest BCUT2D eigenvalue weighted by atomic mass is 16.5. The lowest BCUT2D eigenvalue weighted by molar-refractivity contribution is -0.150. The van der Waals surface area contributed by atoms with Crippen LogP contribution < -0.4 is 10.1 Å². The van der Waals surface area contributed by atoms with Crippen molar-refractivity contribution >= 4 is 11.7 Å². The van der Waals surface area contributed by atoms with Gasteiger partial charge in [0.2, 0.25) is 0 Å². The Labute approximate surface area is 161 Å². The summed E-state index contributed by atoms with van der Waals surface area (Å²) in [4.78, 5) is 12.4. The molecule has 0 saturated carbocycles. The minimum absolute atomic E-state index is 0.0468. The highest BCUT2D eigenvalue weighted by Gasteiger charge is 2.25. The predicted octanol–water partition coefficient (Wildman–Crippen LogP) is 4.45. The van der Waals surface area contributed by atoms with Crippen molar-refractivity contribution in [3.05, 3.63) is 60.2 Å². The summed E-state index contributed by atoms with van der Waals surface area (Å²) < 4.78 is 16.0. The molecule has 5 nitrogen and oxygen atoms in total. The predicted molar refractivity (Wildman–Crippen MR) is 107 cm³/mol. The molecule has 5 heteroatoms. The van der Waals surface area contributed by atoms with E-state index in [1.54, 1.807) is 7.11 Å². The van der Waals surface area contributed by atoms with E-state index in [0.717, 1.165) is 17.0 Å². The third-order valence-corrected chi connectivity index (χ3v) is 4.30. The number of esters is 1. The molecule has 0 aliphatic rings. The molecule has 0 aliphatic carbocycles. The number of ether oxygens (including phenoxy) is 3. The second kappa shape index (κ2) is 11.2. The molecule has 2 aromatic carbocycles. The average molecular weight is 371 g/mol. The Morgan fingerprint density at radius 1 is 1.00 bits per heavy atom. The van der Waals surface area contributed by atoms with E-state index in [0.29, 0.717) is 26.2 Å². The van der Waals surface area contributed by atoms with Crippen LogP contribution in [-0.4, -0.2) is 32.9 Å². The number of rotatable bonds is 11. The van der Waals surface area contributed by atoms with Crippen molar-refractivity contribution in [2.45, 2.75) is 26.3 Å². The van der Waals surface area contributed by atoms with Crippen LogP contribution in [0.15, 0.2) is 54.6 Å². The number of methoxy groups -OCH3 is 1. The van der Waals surface area contributed by atoms with Crippen molar-refractivity contribution in [2.75, 3.05) is 32.2 Å². The van der Waals surface area contributed by atoms with E-state index in [2.05, 4.69) is 17.4 Å². The SMILES string of the molecule is CCOCC(CC(Nc1ccc(OC)cc1)c1ccccc1)C(=O)OCC. The molecule has 2 atom stereocenters. The van der Waals surface area contributed by atoms with Crippen LogP contribution in [0.2, 0.25) is 0 Å². The fourth-order valence-corrected chi connectivity index (χ4v) is 2.89. The molecule has 2 aromatic rings. The second-order valence-electron chi connectivity index (χ2n) is 6.18. The van der Waals surface area contributed by atoms with Crippen molar-refractivity contribution < 1.29 is 19.0 Å². The lowest BCUT2D eigenvalue weighted by Crippen LogP contribution is -2.27. The van der Waals surface area contributed by atoms with Crippen molar-refractivity contribution in [1.29, 1.82) is 0 Å². The normalized spacial score (nSPS) is 12.9. The average Bonchev–Trinajstić information content (AvgIpc) is 2.71. The van der Waals surface area contributed by atoms with E-state index in [9.17, 15) is 4.79 Å². The molecular weight excluding hydrogens is 342 g/mol. The van der Waals surface area contributed by atoms with Crippen LogP contribution >= 0.6 is 0 Å². The fourth-order valence-electron chi connectivity index (χ4n) is 2.89. The number of carbonyl (C=O) groups excluding carboxylic acids is 1. The maximum absolute atomic E-state index is 12.4. The molecule has 27 heavy (non-hydrogen) atoms. The first-order valence-electron chi connectivity index (χ1n) is 9.37. The summed E-state index contributed by atoms with van der Waals surface area (Å²) >= 11 is 0. The van der Waals surface area contributed by atoms with Crippen LogP contribution in [-0.2, 0) is 14.3 Å². The zero-order chi connectivity index (χ0) is 19.5. The molecule has 0 saturated heterocycles. The van der Waals surface area contributed by atoms with Gasteiger partial charge in [-0.15, -0.1) is 0 Å². The van der Waals surface area contributed by atoms with Gasteiger partial charge in [0, 0.05) is 12.3 Å². The molecule has 2 unspecified atom stereocenters. The molecule has 0 aromatic heterocycles. The van der Waals surface area contributed by atoms with Crippen LogP contribution in [0.5, 0.6) is 5.75 Å². The highest BCUT2D eigenvalue weighted by Crippen LogP contribution is 2.28. The minimum Gasteiger partial charge on any atom is -0.497 e. The van der Waals surface area contributed by atoms with Gasteiger partial charge in [0.1, 0.15) is 5.75 Å². The summed E-state index contributed by atoms with van der Waals surface area (Å²) in [6.07, 6.45) is 0.578. The van der Waals surface area contributed by atoms with Gasteiger partial charge in [-0.2, -0.15) is 0 Å². The molecule has 0 heterocycles. The maximum Gasteiger partial charge on any atom is 0.311 e. The summed E-state index contributed by atoms with van der Waals surface area (Å²) in [5.41, 5.74) is 2.07. The highest BCUT2D eigenvalue weighted by molar-refractivity contribution is 5.72. The Morgan fingerprint density at radius 3 is 2.30 bits per heavy atom. The number of carbonyl (C=O) groups is 1. The van der Waals surface area contributed by atoms with E-state index in [-0.39, 0.29) is 17.9 Å². The molecular formula is C22H29NO4. The molecule has 0 aliphatic heterocycles. The van der Waals surface area contributed by atoms with Crippen LogP contribution in [0.3, 0.4) is 0 Å². The second-order valence-corrected chi connectivity index (χ2v) is 6.18. The number of nitrogens with one attached hydrogen (secondary N) is 1. The molecule has 1 N–H and O–H groups in total. The fraction of sp³-hybridized carbons (Fsp3) is 0.409. The van der Waals surface area contributed by atoms with Gasteiger partial charge < -0.3 is 19.5 Å². The summed E-state index contributed by atoms with van der Waals surface area (Å²) in [5, 5.41) is 3.53. The first kappa shape index (κ1) is 20.8. The number of hydrogen-bond donors (Lipinski definition) is 1. The Hall–Kier alpha value is -2.53. The molecule has 2 rings (SSSR count). The Kier molecular flexibility index (Phi) is 8.65. The molecule has 0 radical (unpaired) electrons. The van der Waals surface area contributed by atoms with Crippen molar-refractivity contribution in [3.63, 3.8) is 0 Å². The van der Waals surface area contributed by atoms with Crippen molar-refractivity contribution in [3.8, 4) is 5.75 Å². The molecule has 0 fully saturated rings. The van der Waals surface area contributed by atoms with E-state index in [4.69, 9.17) is 14.2 Å². The standard InChI is InChI=1S/C22H29NO4/c1-4-26-16-18(22(24)27-5-2)15-21(17-9-7-6-8-10-17)23-19-11-13-20(25-3)14-12-19/h6-14,18,21,23H,4-5,15-16H2,1-3H3. The van der Waals surface area contributed by atoms with E-state index in [1.807, 2.05) is 56.3 Å². The molecule has 0 bridgehead atoms. The summed E-state index contributed by atoms with van der Waals surface area (Å²) in [7, 11) is 1.65. The third-order valence-electron chi connectivity index (χ3n) is 4.30. The van der Waals surface area contributed by atoms with E-state index >= 15 is 0 Å². The topological polar surface area (TPSA) is 56.8 Å². The first-order valence-corrected chi connectivity index (χ1v) is 9.37. The summed E-state index contributed by atoms with van der Waals surface area (Å²) in [5.74, 6) is 0.252. The Balaban J connectivity index is 2.20. The molecule has 146 valence electrons. The van der Waals surface area contributed by atoms with Gasteiger partial charge in [0.05, 0.1) is 32.3 Å². The van der Waals surface area contributed by atoms with Gasteiger partial charge in [0.15, 0.2) is 0 Å². The summed E-state index contributed by atoms with van der Waals surface area (Å²) in [6.45, 7) is 5.02. The van der Waals surface area contributed by atoms with E-state index < -0.39 is 0 Å². The Morgan fingerprint density at radius 2 is 1.70 bits per heavy atom. The van der Waals surface area contributed by atoms with Gasteiger partial charge in [-0.1, -0.05) is 30.3 Å². The van der Waals surface area contributed by atoms with Gasteiger partial charge in [-0.25, -0.2) is 0 Å². The van der Waals surface area contributed by atoms with Crippen molar-refractivity contribution in [2.24, 2.45) is 5.92 Å². The quantitative estimate of drug-likeness (QED) is 0.591. The van der Waals surface area contributed by atoms with Crippen LogP contribution in [0, 0.1) is 5.92 Å².